The molecule has 1 saturated heterocycles. The zero-order chi connectivity index (χ0) is 15.5. The molecule has 1 aliphatic rings. The molecule has 1 aromatic carbocycles. The molecule has 0 unspecified atom stereocenters. The van der Waals surface area contributed by atoms with E-state index in [0.29, 0.717) is 30.2 Å². The van der Waals surface area contributed by atoms with Gasteiger partial charge in [-0.1, -0.05) is 17.3 Å². The quantitative estimate of drug-likeness (QED) is 0.942. The molecule has 6 nitrogen and oxygen atoms in total. The van der Waals surface area contributed by atoms with Crippen LogP contribution in [-0.4, -0.2) is 37.4 Å². The summed E-state index contributed by atoms with van der Waals surface area (Å²) in [5, 5.41) is 6.80. The number of hydrogen-bond donors (Lipinski definition) is 1. The molecule has 0 aliphatic carbocycles. The lowest BCUT2D eigenvalue weighted by Crippen LogP contribution is -2.36. The highest BCUT2D eigenvalue weighted by Crippen LogP contribution is 2.27. The van der Waals surface area contributed by atoms with Crippen molar-refractivity contribution in [3.8, 4) is 0 Å². The van der Waals surface area contributed by atoms with Crippen LogP contribution in [0.4, 0.5) is 11.4 Å². The van der Waals surface area contributed by atoms with Crippen LogP contribution in [0.15, 0.2) is 28.8 Å². The van der Waals surface area contributed by atoms with Crippen LogP contribution in [0.2, 0.25) is 0 Å². The maximum atomic E-state index is 12.5. The number of nitrogens with one attached hydrogen (secondary N) is 1. The minimum Gasteiger partial charge on any atom is -0.378 e. The fraction of sp³-hybridized carbons (Fsp3) is 0.375. The molecule has 1 fully saturated rings. The molecule has 0 atom stereocenters. The zero-order valence-corrected chi connectivity index (χ0v) is 12.8. The van der Waals surface area contributed by atoms with E-state index in [0.717, 1.165) is 24.5 Å². The molecule has 0 radical (unpaired) electrons. The Morgan fingerprint density at radius 1 is 1.23 bits per heavy atom. The van der Waals surface area contributed by atoms with E-state index in [2.05, 4.69) is 15.4 Å². The molecule has 6 heteroatoms. The van der Waals surface area contributed by atoms with Crippen molar-refractivity contribution >= 4 is 17.3 Å². The number of carbonyl (C=O) groups is 1. The maximum absolute atomic E-state index is 12.5. The molecule has 2 aromatic rings. The van der Waals surface area contributed by atoms with Crippen LogP contribution in [0.3, 0.4) is 0 Å². The number of aryl methyl sites for hydroxylation is 2. The molecule has 0 spiro atoms. The highest BCUT2D eigenvalue weighted by atomic mass is 16.5. The smallest absolute Gasteiger partial charge is 0.261 e. The topological polar surface area (TPSA) is 67.6 Å². The third-order valence-electron chi connectivity index (χ3n) is 3.76. The van der Waals surface area contributed by atoms with Crippen LogP contribution in [-0.2, 0) is 4.74 Å². The Morgan fingerprint density at radius 2 is 1.95 bits per heavy atom. The summed E-state index contributed by atoms with van der Waals surface area (Å²) < 4.78 is 10.4. The summed E-state index contributed by atoms with van der Waals surface area (Å²) in [5.74, 6) is 0.329. The average Bonchev–Trinajstić information content (AvgIpc) is 2.87. The van der Waals surface area contributed by atoms with Crippen molar-refractivity contribution in [2.24, 2.45) is 0 Å². The number of rotatable bonds is 3. The summed E-state index contributed by atoms with van der Waals surface area (Å²) in [4.78, 5) is 14.7. The van der Waals surface area contributed by atoms with E-state index < -0.39 is 0 Å². The number of ether oxygens (including phenoxy) is 1. The fourth-order valence-electron chi connectivity index (χ4n) is 2.65. The number of amides is 1. The Hall–Kier alpha value is -2.34. The van der Waals surface area contributed by atoms with E-state index in [4.69, 9.17) is 9.26 Å². The van der Waals surface area contributed by atoms with E-state index in [9.17, 15) is 4.79 Å². The van der Waals surface area contributed by atoms with E-state index in [1.807, 2.05) is 24.3 Å². The largest absolute Gasteiger partial charge is 0.378 e. The highest BCUT2D eigenvalue weighted by Gasteiger charge is 2.20. The Labute approximate surface area is 129 Å². The van der Waals surface area contributed by atoms with Crippen molar-refractivity contribution in [1.82, 2.24) is 5.16 Å². The Balaban J connectivity index is 1.85. The minimum atomic E-state index is -0.197. The first kappa shape index (κ1) is 14.6. The molecule has 1 aliphatic heterocycles. The van der Waals surface area contributed by atoms with Gasteiger partial charge in [0.1, 0.15) is 11.3 Å². The molecule has 1 N–H and O–H groups in total. The number of nitrogens with zero attached hydrogens (tertiary/aromatic N) is 2. The van der Waals surface area contributed by atoms with Crippen LogP contribution >= 0.6 is 0 Å². The Kier molecular flexibility index (Phi) is 4.11. The second-order valence-corrected chi connectivity index (χ2v) is 5.27. The number of para-hydroxylation sites is 2. The third kappa shape index (κ3) is 2.82. The SMILES string of the molecule is Cc1noc(C)c1C(=O)Nc1ccccc1N1CCOCC1. The molecule has 0 saturated carbocycles. The summed E-state index contributed by atoms with van der Waals surface area (Å²) in [6.45, 7) is 6.54. The van der Waals surface area contributed by atoms with E-state index in [-0.39, 0.29) is 5.91 Å². The van der Waals surface area contributed by atoms with Crippen molar-refractivity contribution in [2.75, 3.05) is 36.5 Å². The maximum Gasteiger partial charge on any atom is 0.261 e. The van der Waals surface area contributed by atoms with Crippen molar-refractivity contribution in [3.05, 3.63) is 41.3 Å². The van der Waals surface area contributed by atoms with Crippen LogP contribution in [0.5, 0.6) is 0 Å². The monoisotopic (exact) mass is 301 g/mol. The number of aromatic nitrogens is 1. The first-order chi connectivity index (χ1) is 10.7. The third-order valence-corrected chi connectivity index (χ3v) is 3.76. The van der Waals surface area contributed by atoms with Gasteiger partial charge in [-0.05, 0) is 26.0 Å². The fourth-order valence-corrected chi connectivity index (χ4v) is 2.65. The van der Waals surface area contributed by atoms with Gasteiger partial charge in [0.25, 0.3) is 5.91 Å². The lowest BCUT2D eigenvalue weighted by molar-refractivity contribution is 0.102. The van der Waals surface area contributed by atoms with Crippen LogP contribution in [0.1, 0.15) is 21.8 Å². The summed E-state index contributed by atoms with van der Waals surface area (Å²) in [7, 11) is 0. The second-order valence-electron chi connectivity index (χ2n) is 5.27. The number of benzene rings is 1. The number of morpholine rings is 1. The summed E-state index contributed by atoms with van der Waals surface area (Å²) >= 11 is 0. The van der Waals surface area contributed by atoms with E-state index >= 15 is 0 Å². The predicted octanol–water partition coefficient (Wildman–Crippen LogP) is 2.38. The molecule has 1 amide bonds. The standard InChI is InChI=1S/C16H19N3O3/c1-11-15(12(2)22-18-11)16(20)17-13-5-3-4-6-14(13)19-7-9-21-10-8-19/h3-6H,7-10H2,1-2H3,(H,17,20). The number of carbonyl (C=O) groups excluding carboxylic acids is 1. The first-order valence-corrected chi connectivity index (χ1v) is 7.33. The summed E-state index contributed by atoms with van der Waals surface area (Å²) in [6, 6.07) is 7.79. The normalized spacial score (nSPS) is 14.9. The molecule has 22 heavy (non-hydrogen) atoms. The number of hydrogen-bond acceptors (Lipinski definition) is 5. The van der Waals surface area contributed by atoms with Gasteiger partial charge < -0.3 is 19.5 Å². The lowest BCUT2D eigenvalue weighted by atomic mass is 10.1. The first-order valence-electron chi connectivity index (χ1n) is 7.33. The van der Waals surface area contributed by atoms with E-state index in [1.54, 1.807) is 13.8 Å². The van der Waals surface area contributed by atoms with Crippen molar-refractivity contribution in [3.63, 3.8) is 0 Å². The minimum absolute atomic E-state index is 0.197. The van der Waals surface area contributed by atoms with Gasteiger partial charge in [-0.3, -0.25) is 4.79 Å². The van der Waals surface area contributed by atoms with Crippen molar-refractivity contribution in [2.45, 2.75) is 13.8 Å². The van der Waals surface area contributed by atoms with Gasteiger partial charge in [0, 0.05) is 13.1 Å². The number of anilines is 2. The van der Waals surface area contributed by atoms with Crippen LogP contribution in [0.25, 0.3) is 0 Å². The summed E-state index contributed by atoms with van der Waals surface area (Å²) in [5.41, 5.74) is 2.89. The Bertz CT molecular complexity index is 656. The predicted molar refractivity (Wildman–Crippen MR) is 83.4 cm³/mol. The summed E-state index contributed by atoms with van der Waals surface area (Å²) in [6.07, 6.45) is 0. The Morgan fingerprint density at radius 3 is 2.64 bits per heavy atom. The molecule has 116 valence electrons. The zero-order valence-electron chi connectivity index (χ0n) is 12.8. The van der Waals surface area contributed by atoms with Gasteiger partial charge in [0.05, 0.1) is 30.3 Å². The van der Waals surface area contributed by atoms with Crippen molar-refractivity contribution in [1.29, 1.82) is 0 Å². The molecule has 0 bridgehead atoms. The van der Waals surface area contributed by atoms with Gasteiger partial charge in [-0.2, -0.15) is 0 Å². The van der Waals surface area contributed by atoms with Gasteiger partial charge >= 0.3 is 0 Å². The van der Waals surface area contributed by atoms with Crippen LogP contribution < -0.4 is 10.2 Å². The highest BCUT2D eigenvalue weighted by molar-refractivity contribution is 6.07. The molecule has 3 rings (SSSR count). The molecule has 1 aromatic heterocycles. The van der Waals surface area contributed by atoms with E-state index in [1.165, 1.54) is 0 Å². The molecular weight excluding hydrogens is 282 g/mol. The van der Waals surface area contributed by atoms with Gasteiger partial charge in [0.15, 0.2) is 0 Å². The van der Waals surface area contributed by atoms with Gasteiger partial charge in [-0.15, -0.1) is 0 Å². The van der Waals surface area contributed by atoms with Gasteiger partial charge in [-0.25, -0.2) is 0 Å². The molecular formula is C16H19N3O3. The van der Waals surface area contributed by atoms with Crippen LogP contribution in [0, 0.1) is 13.8 Å². The van der Waals surface area contributed by atoms with Crippen molar-refractivity contribution < 1.29 is 14.1 Å². The molecule has 2 heterocycles. The lowest BCUT2D eigenvalue weighted by Gasteiger charge is -2.30. The second kappa shape index (κ2) is 6.19. The van der Waals surface area contributed by atoms with Gasteiger partial charge in [0.2, 0.25) is 0 Å². The average molecular weight is 301 g/mol.